The van der Waals surface area contributed by atoms with Crippen LogP contribution in [0.2, 0.25) is 0 Å². The Morgan fingerprint density at radius 1 is 1.56 bits per heavy atom. The summed E-state index contributed by atoms with van der Waals surface area (Å²) in [5, 5.41) is 11.6. The Morgan fingerprint density at radius 3 is 2.81 bits per heavy atom. The number of rotatable bonds is 4. The van der Waals surface area contributed by atoms with Crippen LogP contribution in [0.25, 0.3) is 0 Å². The minimum Gasteiger partial charge on any atom is -0.490 e. The Bertz CT molecular complexity index is 389. The average Bonchev–Trinajstić information content (AvgIpc) is 2.30. The van der Waals surface area contributed by atoms with Crippen molar-refractivity contribution in [3.05, 3.63) is 29.3 Å². The van der Waals surface area contributed by atoms with Crippen molar-refractivity contribution in [1.29, 1.82) is 0 Å². The number of hydrogen-bond donors (Lipinski definition) is 2. The third-order valence-corrected chi connectivity index (χ3v) is 2.49. The molecule has 0 aromatic heterocycles. The molecule has 0 heterocycles. The van der Waals surface area contributed by atoms with Crippen LogP contribution in [0.3, 0.4) is 0 Å². The first-order chi connectivity index (χ1) is 7.58. The number of aryl methyl sites for hydroxylation is 1. The lowest BCUT2D eigenvalue weighted by atomic mass is 10.1. The Labute approximate surface area is 95.7 Å². The van der Waals surface area contributed by atoms with Crippen LogP contribution in [0, 0.1) is 6.92 Å². The van der Waals surface area contributed by atoms with Gasteiger partial charge < -0.3 is 15.7 Å². The summed E-state index contributed by atoms with van der Waals surface area (Å²) in [5.41, 5.74) is 7.22. The van der Waals surface area contributed by atoms with Crippen molar-refractivity contribution in [3.8, 4) is 5.75 Å². The lowest BCUT2D eigenvalue weighted by Crippen LogP contribution is -2.15. The number of hydrogen-bond acceptors (Lipinski definition) is 3. The zero-order valence-electron chi connectivity index (χ0n) is 9.90. The van der Waals surface area contributed by atoms with Gasteiger partial charge in [0.1, 0.15) is 5.75 Å². The molecule has 4 heteroatoms. The molecule has 1 unspecified atom stereocenters. The van der Waals surface area contributed by atoms with Crippen LogP contribution < -0.4 is 10.5 Å². The molecule has 0 aliphatic heterocycles. The highest BCUT2D eigenvalue weighted by Crippen LogP contribution is 2.21. The summed E-state index contributed by atoms with van der Waals surface area (Å²) in [5.74, 6) is 0.868. The largest absolute Gasteiger partial charge is 0.490 e. The van der Waals surface area contributed by atoms with Gasteiger partial charge in [0.25, 0.3) is 0 Å². The van der Waals surface area contributed by atoms with Gasteiger partial charge in [0.2, 0.25) is 0 Å². The van der Waals surface area contributed by atoms with Crippen LogP contribution in [0.5, 0.6) is 5.75 Å². The average molecular weight is 222 g/mol. The number of amidine groups is 1. The topological polar surface area (TPSA) is 67.8 Å². The fourth-order valence-electron chi connectivity index (χ4n) is 1.24. The predicted molar refractivity (Wildman–Crippen MR) is 64.1 cm³/mol. The predicted octanol–water partition coefficient (Wildman–Crippen LogP) is 2.27. The smallest absolute Gasteiger partial charge is 0.170 e. The van der Waals surface area contributed by atoms with Gasteiger partial charge in [-0.25, -0.2) is 0 Å². The minimum absolute atomic E-state index is 0.0917. The summed E-state index contributed by atoms with van der Waals surface area (Å²) >= 11 is 0. The highest BCUT2D eigenvalue weighted by Gasteiger charge is 2.07. The molecule has 0 saturated heterocycles. The van der Waals surface area contributed by atoms with Crippen molar-refractivity contribution in [2.75, 3.05) is 0 Å². The summed E-state index contributed by atoms with van der Waals surface area (Å²) in [7, 11) is 0. The highest BCUT2D eigenvalue weighted by molar-refractivity contribution is 5.97. The molecule has 0 bridgehead atoms. The van der Waals surface area contributed by atoms with Gasteiger partial charge in [-0.3, -0.25) is 0 Å². The van der Waals surface area contributed by atoms with Gasteiger partial charge >= 0.3 is 0 Å². The lowest BCUT2D eigenvalue weighted by molar-refractivity contribution is 0.216. The number of benzene rings is 1. The number of nitrogens with zero attached hydrogens (tertiary/aromatic N) is 1. The number of oxime groups is 1. The number of ether oxygens (including phenoxy) is 1. The summed E-state index contributed by atoms with van der Waals surface area (Å²) in [4.78, 5) is 0. The second-order valence-corrected chi connectivity index (χ2v) is 3.80. The quantitative estimate of drug-likeness (QED) is 0.355. The van der Waals surface area contributed by atoms with E-state index in [-0.39, 0.29) is 11.9 Å². The highest BCUT2D eigenvalue weighted by atomic mass is 16.5. The maximum atomic E-state index is 8.60. The Morgan fingerprint density at radius 2 is 2.25 bits per heavy atom. The first-order valence-electron chi connectivity index (χ1n) is 5.33. The minimum atomic E-state index is 0.0917. The van der Waals surface area contributed by atoms with Gasteiger partial charge in [-0.15, -0.1) is 0 Å². The zero-order chi connectivity index (χ0) is 12.1. The standard InChI is InChI=1S/C12H18N2O2/c1-4-9(3)16-11-7-10(12(13)14-15)6-5-8(11)2/h5-7,9,15H,4H2,1-3H3,(H2,13,14). The Hall–Kier alpha value is -1.71. The van der Waals surface area contributed by atoms with E-state index < -0.39 is 0 Å². The summed E-state index contributed by atoms with van der Waals surface area (Å²) in [6.07, 6.45) is 1.09. The van der Waals surface area contributed by atoms with E-state index in [1.54, 1.807) is 12.1 Å². The molecular formula is C12H18N2O2. The molecule has 0 aliphatic rings. The van der Waals surface area contributed by atoms with Gasteiger partial charge in [0.15, 0.2) is 5.84 Å². The van der Waals surface area contributed by atoms with Gasteiger partial charge in [-0.2, -0.15) is 0 Å². The third kappa shape index (κ3) is 2.89. The molecule has 16 heavy (non-hydrogen) atoms. The Kier molecular flexibility index (Phi) is 4.17. The van der Waals surface area contributed by atoms with Gasteiger partial charge in [0.05, 0.1) is 6.10 Å². The van der Waals surface area contributed by atoms with E-state index in [0.29, 0.717) is 5.56 Å². The van der Waals surface area contributed by atoms with Gasteiger partial charge in [-0.1, -0.05) is 24.2 Å². The van der Waals surface area contributed by atoms with Crippen molar-refractivity contribution in [1.82, 2.24) is 0 Å². The molecule has 4 nitrogen and oxygen atoms in total. The molecule has 3 N–H and O–H groups in total. The fraction of sp³-hybridized carbons (Fsp3) is 0.417. The van der Waals surface area contributed by atoms with Crippen LogP contribution in [0.4, 0.5) is 0 Å². The van der Waals surface area contributed by atoms with Crippen molar-refractivity contribution >= 4 is 5.84 Å². The van der Waals surface area contributed by atoms with E-state index in [0.717, 1.165) is 17.7 Å². The van der Waals surface area contributed by atoms with Crippen molar-refractivity contribution in [2.24, 2.45) is 10.9 Å². The van der Waals surface area contributed by atoms with E-state index in [2.05, 4.69) is 12.1 Å². The second-order valence-electron chi connectivity index (χ2n) is 3.80. The van der Waals surface area contributed by atoms with Gasteiger partial charge in [0, 0.05) is 5.56 Å². The van der Waals surface area contributed by atoms with E-state index in [1.807, 2.05) is 19.9 Å². The van der Waals surface area contributed by atoms with E-state index in [1.165, 1.54) is 0 Å². The van der Waals surface area contributed by atoms with E-state index in [4.69, 9.17) is 15.7 Å². The SMILES string of the molecule is CCC(C)Oc1cc(/C(N)=N/O)ccc1C. The molecule has 1 rings (SSSR count). The van der Waals surface area contributed by atoms with Gasteiger partial charge in [-0.05, 0) is 31.9 Å². The fourth-order valence-corrected chi connectivity index (χ4v) is 1.24. The maximum Gasteiger partial charge on any atom is 0.170 e. The number of nitrogens with two attached hydrogens (primary N) is 1. The normalized spacial score (nSPS) is 13.6. The van der Waals surface area contributed by atoms with E-state index >= 15 is 0 Å². The zero-order valence-corrected chi connectivity index (χ0v) is 9.90. The Balaban J connectivity index is 2.99. The van der Waals surface area contributed by atoms with Crippen LogP contribution >= 0.6 is 0 Å². The first-order valence-corrected chi connectivity index (χ1v) is 5.33. The summed E-state index contributed by atoms with van der Waals surface area (Å²) < 4.78 is 5.74. The monoisotopic (exact) mass is 222 g/mol. The van der Waals surface area contributed by atoms with Crippen LogP contribution in [-0.4, -0.2) is 17.1 Å². The van der Waals surface area contributed by atoms with Crippen LogP contribution in [0.1, 0.15) is 31.4 Å². The molecule has 0 saturated carbocycles. The van der Waals surface area contributed by atoms with Crippen molar-refractivity contribution in [2.45, 2.75) is 33.3 Å². The maximum absolute atomic E-state index is 8.60. The molecule has 1 aromatic rings. The van der Waals surface area contributed by atoms with Crippen molar-refractivity contribution in [3.63, 3.8) is 0 Å². The van der Waals surface area contributed by atoms with Crippen molar-refractivity contribution < 1.29 is 9.94 Å². The van der Waals surface area contributed by atoms with E-state index in [9.17, 15) is 0 Å². The third-order valence-electron chi connectivity index (χ3n) is 2.49. The van der Waals surface area contributed by atoms with Crippen LogP contribution in [0.15, 0.2) is 23.4 Å². The molecule has 1 atom stereocenters. The summed E-state index contributed by atoms with van der Waals surface area (Å²) in [6, 6.07) is 5.48. The molecule has 0 spiro atoms. The lowest BCUT2D eigenvalue weighted by Gasteiger charge is -2.15. The van der Waals surface area contributed by atoms with Crippen LogP contribution in [-0.2, 0) is 0 Å². The molecule has 0 amide bonds. The molecule has 0 fully saturated rings. The molecule has 0 radical (unpaired) electrons. The molecule has 0 aliphatic carbocycles. The summed E-state index contributed by atoms with van der Waals surface area (Å²) in [6.45, 7) is 6.04. The molecule has 88 valence electrons. The first kappa shape index (κ1) is 12.4. The second kappa shape index (κ2) is 5.39. The molecule has 1 aromatic carbocycles. The molecular weight excluding hydrogens is 204 g/mol.